The smallest absolute Gasteiger partial charge is 0.240 e. The van der Waals surface area contributed by atoms with E-state index >= 15 is 0 Å². The van der Waals surface area contributed by atoms with Crippen molar-refractivity contribution in [2.45, 2.75) is 57.8 Å². The van der Waals surface area contributed by atoms with E-state index in [1.165, 1.54) is 0 Å². The van der Waals surface area contributed by atoms with Gasteiger partial charge in [-0.05, 0) is 42.7 Å². The first-order valence-corrected chi connectivity index (χ1v) is 11.0. The van der Waals surface area contributed by atoms with Crippen LogP contribution in [0.15, 0.2) is 30.3 Å². The molecule has 11 heteroatoms. The van der Waals surface area contributed by atoms with Crippen LogP contribution in [0.2, 0.25) is 0 Å². The minimum Gasteiger partial charge on any atom is -0.385 e. The molecule has 2 amide bonds. The number of amides is 2. The molecule has 0 saturated heterocycles. The summed E-state index contributed by atoms with van der Waals surface area (Å²) in [6.07, 6.45) is 1.65. The van der Waals surface area contributed by atoms with Gasteiger partial charge in [0, 0.05) is 33.2 Å². The van der Waals surface area contributed by atoms with Crippen LogP contribution in [0.4, 0.5) is 0 Å². The van der Waals surface area contributed by atoms with E-state index in [-0.39, 0.29) is 18.4 Å². The van der Waals surface area contributed by atoms with Crippen molar-refractivity contribution >= 4 is 11.8 Å². The van der Waals surface area contributed by atoms with Crippen molar-refractivity contribution in [3.05, 3.63) is 41.7 Å². The third-order valence-electron chi connectivity index (χ3n) is 4.78. The van der Waals surface area contributed by atoms with Crippen LogP contribution in [0, 0.1) is 0 Å². The molecule has 0 fully saturated rings. The van der Waals surface area contributed by atoms with Gasteiger partial charge >= 0.3 is 0 Å². The maximum atomic E-state index is 12.5. The van der Waals surface area contributed by atoms with Crippen LogP contribution >= 0.6 is 0 Å². The van der Waals surface area contributed by atoms with Gasteiger partial charge in [0.05, 0.1) is 18.8 Å². The van der Waals surface area contributed by atoms with Crippen molar-refractivity contribution in [3.8, 4) is 0 Å². The molecule has 11 nitrogen and oxygen atoms in total. The Morgan fingerprint density at radius 2 is 1.97 bits per heavy atom. The Hall–Kier alpha value is -2.89. The first kappa shape index (κ1) is 26.4. The zero-order valence-electron chi connectivity index (χ0n) is 19.6. The van der Waals surface area contributed by atoms with Crippen LogP contribution in [0.25, 0.3) is 0 Å². The van der Waals surface area contributed by atoms with Crippen LogP contribution in [0.5, 0.6) is 0 Å². The number of aryl methyl sites for hydroxylation is 1. The number of hydrogen-bond donors (Lipinski definition) is 3. The Kier molecular flexibility index (Phi) is 10.9. The second-order valence-electron chi connectivity index (χ2n) is 8.31. The second-order valence-corrected chi connectivity index (χ2v) is 8.31. The number of tetrazole rings is 1. The molecule has 4 N–H and O–H groups in total. The van der Waals surface area contributed by atoms with E-state index in [0.717, 1.165) is 12.0 Å². The lowest BCUT2D eigenvalue weighted by atomic mass is 10.1. The molecule has 1 heterocycles. The highest BCUT2D eigenvalue weighted by molar-refractivity contribution is 5.85. The third-order valence-corrected chi connectivity index (χ3v) is 4.78. The topological polar surface area (TPSA) is 146 Å². The number of methoxy groups -OCH3 is 1. The van der Waals surface area contributed by atoms with Crippen LogP contribution in [-0.2, 0) is 32.2 Å². The monoisotopic (exact) mass is 461 g/mol. The van der Waals surface area contributed by atoms with E-state index < -0.39 is 11.6 Å². The minimum atomic E-state index is -1.07. The van der Waals surface area contributed by atoms with Gasteiger partial charge in [-0.2, -0.15) is 0 Å². The SMILES string of the molecule is COCCCNC(=O)CCCn1nnnc1[C@@H](COCc1ccccc1)NC(=O)C(C)(C)N. The van der Waals surface area contributed by atoms with Crippen molar-refractivity contribution in [1.82, 2.24) is 30.8 Å². The van der Waals surface area contributed by atoms with Gasteiger partial charge in [-0.15, -0.1) is 5.10 Å². The quantitative estimate of drug-likeness (QED) is 0.329. The fraction of sp³-hybridized carbons (Fsp3) is 0.591. The van der Waals surface area contributed by atoms with Gasteiger partial charge in [0.15, 0.2) is 5.82 Å². The lowest BCUT2D eigenvalue weighted by molar-refractivity contribution is -0.126. The normalized spacial score (nSPS) is 12.4. The van der Waals surface area contributed by atoms with Crippen molar-refractivity contribution in [3.63, 3.8) is 0 Å². The standard InChI is InChI=1S/C22H35N7O4/c1-22(2,23)21(31)25-18(16-33-15-17-9-5-4-6-10-17)20-26-27-28-29(20)13-7-11-19(30)24-12-8-14-32-3/h4-6,9-10,18H,7-8,11-16,23H2,1-3H3,(H,24,30)(H,25,31)/t18-/m1/s1. The number of carbonyl (C=O) groups excluding carboxylic acids is 2. The van der Waals surface area contributed by atoms with Crippen molar-refractivity contribution in [1.29, 1.82) is 0 Å². The lowest BCUT2D eigenvalue weighted by Gasteiger charge is -2.23. The molecule has 0 unspecified atom stereocenters. The summed E-state index contributed by atoms with van der Waals surface area (Å²) in [6, 6.07) is 9.12. The van der Waals surface area contributed by atoms with Gasteiger partial charge in [-0.1, -0.05) is 30.3 Å². The number of carbonyl (C=O) groups is 2. The molecule has 0 aliphatic heterocycles. The van der Waals surface area contributed by atoms with Gasteiger partial charge in [0.1, 0.15) is 6.04 Å². The van der Waals surface area contributed by atoms with Crippen molar-refractivity contribution < 1.29 is 19.1 Å². The summed E-state index contributed by atoms with van der Waals surface area (Å²) in [5.74, 6) is 0.0589. The highest BCUT2D eigenvalue weighted by atomic mass is 16.5. The molecule has 1 aromatic heterocycles. The molecule has 0 radical (unpaired) electrons. The predicted molar refractivity (Wildman–Crippen MR) is 122 cm³/mol. The molecule has 33 heavy (non-hydrogen) atoms. The summed E-state index contributed by atoms with van der Waals surface area (Å²) in [5.41, 5.74) is 5.89. The first-order valence-electron chi connectivity index (χ1n) is 11.0. The molecule has 1 aromatic carbocycles. The minimum absolute atomic E-state index is 0.0401. The molecule has 2 rings (SSSR count). The van der Waals surface area contributed by atoms with Crippen LogP contribution in [-0.4, -0.2) is 64.4 Å². The average molecular weight is 462 g/mol. The number of aromatic nitrogens is 4. The fourth-order valence-corrected chi connectivity index (χ4v) is 2.94. The largest absolute Gasteiger partial charge is 0.385 e. The van der Waals surface area contributed by atoms with Gasteiger partial charge in [0.25, 0.3) is 0 Å². The van der Waals surface area contributed by atoms with Gasteiger partial charge in [0.2, 0.25) is 11.8 Å². The van der Waals surface area contributed by atoms with E-state index in [4.69, 9.17) is 15.2 Å². The maximum absolute atomic E-state index is 12.5. The first-order chi connectivity index (χ1) is 15.8. The van der Waals surface area contributed by atoms with E-state index in [1.807, 2.05) is 30.3 Å². The Balaban J connectivity index is 1.96. The fourth-order valence-electron chi connectivity index (χ4n) is 2.94. The molecule has 0 saturated carbocycles. The summed E-state index contributed by atoms with van der Waals surface area (Å²) >= 11 is 0. The molecule has 0 aliphatic rings. The number of ether oxygens (including phenoxy) is 2. The summed E-state index contributed by atoms with van der Waals surface area (Å²) in [4.78, 5) is 24.5. The van der Waals surface area contributed by atoms with Crippen molar-refractivity contribution in [2.75, 3.05) is 26.9 Å². The molecule has 0 bridgehead atoms. The van der Waals surface area contributed by atoms with Gasteiger partial charge in [-0.3, -0.25) is 9.59 Å². The highest BCUT2D eigenvalue weighted by Crippen LogP contribution is 2.14. The number of rotatable bonds is 15. The molecular formula is C22H35N7O4. The van der Waals surface area contributed by atoms with E-state index in [0.29, 0.717) is 45.0 Å². The molecule has 2 aromatic rings. The Morgan fingerprint density at radius 3 is 2.67 bits per heavy atom. The molecule has 1 atom stereocenters. The number of nitrogens with zero attached hydrogens (tertiary/aromatic N) is 4. The lowest BCUT2D eigenvalue weighted by Crippen LogP contribution is -2.51. The maximum Gasteiger partial charge on any atom is 0.240 e. The zero-order valence-corrected chi connectivity index (χ0v) is 19.6. The van der Waals surface area contributed by atoms with Crippen molar-refractivity contribution in [2.24, 2.45) is 5.73 Å². The number of nitrogens with one attached hydrogen (secondary N) is 2. The van der Waals surface area contributed by atoms with Gasteiger partial charge in [-0.25, -0.2) is 4.68 Å². The highest BCUT2D eigenvalue weighted by Gasteiger charge is 2.28. The van der Waals surface area contributed by atoms with Crippen LogP contribution in [0.1, 0.15) is 50.5 Å². The summed E-state index contributed by atoms with van der Waals surface area (Å²) in [7, 11) is 1.63. The van der Waals surface area contributed by atoms with E-state index in [1.54, 1.807) is 25.6 Å². The number of nitrogens with two attached hydrogens (primary N) is 1. The average Bonchev–Trinajstić information content (AvgIpc) is 3.24. The summed E-state index contributed by atoms with van der Waals surface area (Å²) < 4.78 is 12.4. The van der Waals surface area contributed by atoms with Gasteiger partial charge < -0.3 is 25.8 Å². The Morgan fingerprint density at radius 1 is 1.21 bits per heavy atom. The molecular weight excluding hydrogens is 426 g/mol. The number of hydrogen-bond acceptors (Lipinski definition) is 8. The molecule has 0 spiro atoms. The summed E-state index contributed by atoms with van der Waals surface area (Å²) in [5, 5.41) is 17.6. The number of benzene rings is 1. The molecule has 182 valence electrons. The van der Waals surface area contributed by atoms with Crippen LogP contribution < -0.4 is 16.4 Å². The predicted octanol–water partition coefficient (Wildman–Crippen LogP) is 0.717. The van der Waals surface area contributed by atoms with E-state index in [2.05, 4.69) is 26.2 Å². The Labute approximate surface area is 194 Å². The molecule has 0 aliphatic carbocycles. The second kappa shape index (κ2) is 13.6. The Bertz CT molecular complexity index is 852. The third kappa shape index (κ3) is 9.64. The van der Waals surface area contributed by atoms with E-state index in [9.17, 15) is 9.59 Å². The summed E-state index contributed by atoms with van der Waals surface area (Å²) in [6.45, 7) is 5.39. The van der Waals surface area contributed by atoms with Crippen LogP contribution in [0.3, 0.4) is 0 Å². The zero-order chi connectivity index (χ0) is 24.1.